The normalized spacial score (nSPS) is 37.0. The van der Waals surface area contributed by atoms with Gasteiger partial charge in [0.15, 0.2) is 5.96 Å². The lowest BCUT2D eigenvalue weighted by atomic mass is 10.1. The fourth-order valence-corrected chi connectivity index (χ4v) is 3.32. The summed E-state index contributed by atoms with van der Waals surface area (Å²) in [5.41, 5.74) is 6.11. The highest BCUT2D eigenvalue weighted by Crippen LogP contribution is 2.16. The third kappa shape index (κ3) is 2.62. The minimum atomic E-state index is 0.593. The van der Waals surface area contributed by atoms with Crippen LogP contribution in [0.4, 0.5) is 0 Å². The van der Waals surface area contributed by atoms with Crippen molar-refractivity contribution in [3.63, 3.8) is 0 Å². The molecule has 4 aliphatic heterocycles. The van der Waals surface area contributed by atoms with Crippen molar-refractivity contribution in [2.75, 3.05) is 52.4 Å². The number of nitrogens with zero attached hydrogens (tertiary/aromatic N) is 4. The molecule has 1 unspecified atom stereocenters. The van der Waals surface area contributed by atoms with Gasteiger partial charge in [-0.05, 0) is 19.3 Å². The van der Waals surface area contributed by atoms with E-state index in [2.05, 4.69) is 19.7 Å². The number of hydrogen-bond donors (Lipinski definition) is 1. The molecule has 1 atom stereocenters. The molecule has 0 saturated carbocycles. The molecule has 4 aliphatic rings. The van der Waals surface area contributed by atoms with Crippen LogP contribution >= 0.6 is 0 Å². The van der Waals surface area contributed by atoms with E-state index in [9.17, 15) is 0 Å². The SMILES string of the molecule is NC(=NCC1CN2CCN1CC2)N1CCCCC1. The molecule has 4 rings (SSSR count). The van der Waals surface area contributed by atoms with Crippen molar-refractivity contribution < 1.29 is 0 Å². The first kappa shape index (κ1) is 12.2. The Labute approximate surface area is 110 Å². The van der Waals surface area contributed by atoms with Gasteiger partial charge in [0.25, 0.3) is 0 Å². The highest BCUT2D eigenvalue weighted by molar-refractivity contribution is 5.78. The van der Waals surface area contributed by atoms with E-state index in [-0.39, 0.29) is 0 Å². The number of rotatable bonds is 2. The van der Waals surface area contributed by atoms with Gasteiger partial charge in [0, 0.05) is 51.9 Å². The minimum Gasteiger partial charge on any atom is -0.370 e. The second kappa shape index (κ2) is 5.45. The molecule has 2 N–H and O–H groups in total. The van der Waals surface area contributed by atoms with E-state index in [0.29, 0.717) is 6.04 Å². The molecule has 2 bridgehead atoms. The number of piperidine rings is 1. The highest BCUT2D eigenvalue weighted by Gasteiger charge is 2.31. The van der Waals surface area contributed by atoms with Crippen molar-refractivity contribution in [3.8, 4) is 0 Å². The van der Waals surface area contributed by atoms with E-state index in [0.717, 1.165) is 25.6 Å². The van der Waals surface area contributed by atoms with Gasteiger partial charge in [-0.15, -0.1) is 0 Å². The second-order valence-corrected chi connectivity index (χ2v) is 5.74. The Hall–Kier alpha value is -0.810. The molecule has 0 spiro atoms. The van der Waals surface area contributed by atoms with Gasteiger partial charge in [0.2, 0.25) is 0 Å². The number of guanidine groups is 1. The molecule has 5 heteroatoms. The van der Waals surface area contributed by atoms with Crippen molar-refractivity contribution in [2.45, 2.75) is 25.3 Å². The quantitative estimate of drug-likeness (QED) is 0.545. The Balaban J connectivity index is 1.53. The number of nitrogens with two attached hydrogens (primary N) is 1. The van der Waals surface area contributed by atoms with Gasteiger partial charge in [-0.3, -0.25) is 14.8 Å². The Morgan fingerprint density at radius 3 is 2.33 bits per heavy atom. The minimum absolute atomic E-state index is 0.593. The smallest absolute Gasteiger partial charge is 0.191 e. The van der Waals surface area contributed by atoms with E-state index in [1.165, 1.54) is 52.0 Å². The molecule has 102 valence electrons. The van der Waals surface area contributed by atoms with Crippen LogP contribution in [0.5, 0.6) is 0 Å². The molecular weight excluding hydrogens is 226 g/mol. The summed E-state index contributed by atoms with van der Waals surface area (Å²) in [4.78, 5) is 12.0. The lowest BCUT2D eigenvalue weighted by molar-refractivity contribution is 0.0173. The monoisotopic (exact) mass is 251 g/mol. The zero-order valence-corrected chi connectivity index (χ0v) is 11.2. The molecule has 4 saturated heterocycles. The predicted molar refractivity (Wildman–Crippen MR) is 73.7 cm³/mol. The van der Waals surface area contributed by atoms with Gasteiger partial charge in [0.05, 0.1) is 6.54 Å². The van der Waals surface area contributed by atoms with Gasteiger partial charge < -0.3 is 10.6 Å². The topological polar surface area (TPSA) is 48.1 Å². The Morgan fingerprint density at radius 1 is 1.00 bits per heavy atom. The summed E-state index contributed by atoms with van der Waals surface area (Å²) < 4.78 is 0. The maximum absolute atomic E-state index is 6.11. The molecule has 0 aromatic heterocycles. The van der Waals surface area contributed by atoms with Crippen LogP contribution in [0.15, 0.2) is 4.99 Å². The van der Waals surface area contributed by atoms with Crippen molar-refractivity contribution in [3.05, 3.63) is 0 Å². The van der Waals surface area contributed by atoms with Crippen molar-refractivity contribution >= 4 is 5.96 Å². The first-order valence-corrected chi connectivity index (χ1v) is 7.34. The Kier molecular flexibility index (Phi) is 3.70. The zero-order chi connectivity index (χ0) is 12.4. The Bertz CT molecular complexity index is 303. The maximum Gasteiger partial charge on any atom is 0.191 e. The summed E-state index contributed by atoms with van der Waals surface area (Å²) in [6.07, 6.45) is 3.87. The second-order valence-electron chi connectivity index (χ2n) is 5.74. The summed E-state index contributed by atoms with van der Waals surface area (Å²) >= 11 is 0. The van der Waals surface area contributed by atoms with Crippen LogP contribution in [-0.4, -0.2) is 79.1 Å². The molecule has 0 aromatic rings. The molecule has 0 aromatic carbocycles. The molecule has 18 heavy (non-hydrogen) atoms. The molecule has 0 amide bonds. The molecule has 0 aliphatic carbocycles. The molecule has 5 nitrogen and oxygen atoms in total. The van der Waals surface area contributed by atoms with Crippen LogP contribution in [0, 0.1) is 0 Å². The number of piperazine rings is 3. The summed E-state index contributed by atoms with van der Waals surface area (Å²) in [6.45, 7) is 9.14. The maximum atomic E-state index is 6.11. The third-order valence-corrected chi connectivity index (χ3v) is 4.54. The van der Waals surface area contributed by atoms with Crippen molar-refractivity contribution in [1.82, 2.24) is 14.7 Å². The van der Waals surface area contributed by atoms with Gasteiger partial charge in [-0.2, -0.15) is 0 Å². The number of aliphatic imine (C=N–C) groups is 1. The zero-order valence-electron chi connectivity index (χ0n) is 11.2. The number of hydrogen-bond acceptors (Lipinski definition) is 3. The van der Waals surface area contributed by atoms with Crippen molar-refractivity contribution in [1.29, 1.82) is 0 Å². The van der Waals surface area contributed by atoms with Crippen LogP contribution in [0.3, 0.4) is 0 Å². The third-order valence-electron chi connectivity index (χ3n) is 4.54. The summed E-state index contributed by atoms with van der Waals surface area (Å²) in [5, 5.41) is 0. The lowest BCUT2D eigenvalue weighted by Gasteiger charge is -2.47. The van der Waals surface area contributed by atoms with Gasteiger partial charge >= 0.3 is 0 Å². The predicted octanol–water partition coefficient (Wildman–Crippen LogP) is -0.213. The van der Waals surface area contributed by atoms with E-state index >= 15 is 0 Å². The lowest BCUT2D eigenvalue weighted by Crippen LogP contribution is -2.62. The standard InChI is InChI=1S/C13H25N5/c14-13(18-4-2-1-3-5-18)15-10-12-11-16-6-8-17(12)9-7-16/h12H,1-11H2,(H2,14,15). The summed E-state index contributed by atoms with van der Waals surface area (Å²) in [5.74, 6) is 0.771. The van der Waals surface area contributed by atoms with Crippen LogP contribution in [0.25, 0.3) is 0 Å². The van der Waals surface area contributed by atoms with Gasteiger partial charge in [-0.25, -0.2) is 0 Å². The first-order chi connectivity index (χ1) is 8.83. The number of fused-ring (bicyclic) bond motifs is 3. The van der Waals surface area contributed by atoms with E-state index < -0.39 is 0 Å². The highest BCUT2D eigenvalue weighted by atomic mass is 15.4. The Morgan fingerprint density at radius 2 is 1.72 bits per heavy atom. The first-order valence-electron chi connectivity index (χ1n) is 7.34. The van der Waals surface area contributed by atoms with Crippen LogP contribution in [-0.2, 0) is 0 Å². The average molecular weight is 251 g/mol. The van der Waals surface area contributed by atoms with Gasteiger partial charge in [0.1, 0.15) is 0 Å². The van der Waals surface area contributed by atoms with E-state index in [1.54, 1.807) is 0 Å². The fraction of sp³-hybridized carbons (Fsp3) is 0.923. The van der Waals surface area contributed by atoms with Crippen LogP contribution < -0.4 is 5.73 Å². The van der Waals surface area contributed by atoms with Crippen LogP contribution in [0.1, 0.15) is 19.3 Å². The average Bonchev–Trinajstić information content (AvgIpc) is 2.47. The molecule has 4 heterocycles. The van der Waals surface area contributed by atoms with Crippen molar-refractivity contribution in [2.24, 2.45) is 10.7 Å². The molecule has 0 radical (unpaired) electrons. The molecular formula is C13H25N5. The van der Waals surface area contributed by atoms with Gasteiger partial charge in [-0.1, -0.05) is 0 Å². The van der Waals surface area contributed by atoms with Crippen LogP contribution in [0.2, 0.25) is 0 Å². The number of likely N-dealkylation sites (tertiary alicyclic amines) is 1. The van der Waals surface area contributed by atoms with E-state index in [4.69, 9.17) is 5.73 Å². The largest absolute Gasteiger partial charge is 0.370 e. The van der Waals surface area contributed by atoms with E-state index in [1.807, 2.05) is 0 Å². The molecule has 4 fully saturated rings. The summed E-state index contributed by atoms with van der Waals surface area (Å²) in [6, 6.07) is 0.593. The summed E-state index contributed by atoms with van der Waals surface area (Å²) in [7, 11) is 0. The fourth-order valence-electron chi connectivity index (χ4n) is 3.32.